The fourth-order valence-corrected chi connectivity index (χ4v) is 2.08. The molecule has 0 radical (unpaired) electrons. The Balaban J connectivity index is 0.00000128. The van der Waals surface area contributed by atoms with Crippen LogP contribution in [0.25, 0.3) is 10.9 Å². The lowest BCUT2D eigenvalue weighted by Crippen LogP contribution is -2.11. The summed E-state index contributed by atoms with van der Waals surface area (Å²) in [5, 5.41) is 9.98. The van der Waals surface area contributed by atoms with Gasteiger partial charge in [0.25, 0.3) is 0 Å². The Morgan fingerprint density at radius 2 is 2.19 bits per heavy atom. The smallest absolute Gasteiger partial charge is 0.0458 e. The van der Waals surface area contributed by atoms with Crippen LogP contribution in [0.2, 0.25) is 0 Å². The zero-order valence-electron chi connectivity index (χ0n) is 8.61. The first-order valence-corrected chi connectivity index (χ1v) is 5.64. The molecule has 5 heteroatoms. The predicted molar refractivity (Wildman–Crippen MR) is 71.9 cm³/mol. The standard InChI is InChI=1S/C11H13BrN2O.ClH/c12-7-1-2-11-8(5-7)9(6-14-11)10(13)3-4-15;/h1-2,5-6,10,14-15H,3-4,13H2;1H/t10-;/m0./s1. The minimum atomic E-state index is -0.113. The van der Waals surface area contributed by atoms with Crippen molar-refractivity contribution in [2.75, 3.05) is 6.61 Å². The largest absolute Gasteiger partial charge is 0.396 e. The highest BCUT2D eigenvalue weighted by Gasteiger charge is 2.11. The lowest BCUT2D eigenvalue weighted by atomic mass is 10.0. The SMILES string of the molecule is Cl.N[C@@H](CCO)c1c[nH]c2ccc(Br)cc12. The van der Waals surface area contributed by atoms with Gasteiger partial charge in [0, 0.05) is 34.2 Å². The van der Waals surface area contributed by atoms with E-state index in [2.05, 4.69) is 20.9 Å². The molecule has 16 heavy (non-hydrogen) atoms. The molecule has 0 aliphatic heterocycles. The maximum atomic E-state index is 8.86. The molecule has 3 nitrogen and oxygen atoms in total. The van der Waals surface area contributed by atoms with Crippen molar-refractivity contribution in [2.45, 2.75) is 12.5 Å². The van der Waals surface area contributed by atoms with Crippen molar-refractivity contribution in [1.29, 1.82) is 0 Å². The van der Waals surface area contributed by atoms with Crippen molar-refractivity contribution in [3.63, 3.8) is 0 Å². The highest BCUT2D eigenvalue weighted by Crippen LogP contribution is 2.27. The van der Waals surface area contributed by atoms with Crippen LogP contribution in [0, 0.1) is 0 Å². The van der Waals surface area contributed by atoms with Gasteiger partial charge >= 0.3 is 0 Å². The highest BCUT2D eigenvalue weighted by atomic mass is 79.9. The quantitative estimate of drug-likeness (QED) is 0.816. The molecular weight excluding hydrogens is 291 g/mol. The van der Waals surface area contributed by atoms with E-state index in [4.69, 9.17) is 10.8 Å². The van der Waals surface area contributed by atoms with Crippen molar-refractivity contribution >= 4 is 39.2 Å². The number of benzene rings is 1. The first-order valence-electron chi connectivity index (χ1n) is 4.85. The maximum Gasteiger partial charge on any atom is 0.0458 e. The van der Waals surface area contributed by atoms with E-state index in [1.54, 1.807) is 0 Å². The second-order valence-corrected chi connectivity index (χ2v) is 4.47. The summed E-state index contributed by atoms with van der Waals surface area (Å²) in [7, 11) is 0. The van der Waals surface area contributed by atoms with Gasteiger partial charge in [0.2, 0.25) is 0 Å². The number of aliphatic hydroxyl groups excluding tert-OH is 1. The molecule has 0 aliphatic rings. The van der Waals surface area contributed by atoms with E-state index in [1.165, 1.54) is 0 Å². The molecule has 1 aromatic heterocycles. The molecule has 88 valence electrons. The number of hydrogen-bond acceptors (Lipinski definition) is 2. The Labute approximate surface area is 109 Å². The van der Waals surface area contributed by atoms with Gasteiger partial charge in [-0.05, 0) is 30.2 Å². The van der Waals surface area contributed by atoms with Gasteiger partial charge in [-0.25, -0.2) is 0 Å². The van der Waals surface area contributed by atoms with Crippen molar-refractivity contribution in [3.05, 3.63) is 34.4 Å². The van der Waals surface area contributed by atoms with Gasteiger partial charge < -0.3 is 15.8 Å². The van der Waals surface area contributed by atoms with Gasteiger partial charge in [-0.2, -0.15) is 0 Å². The van der Waals surface area contributed by atoms with E-state index in [-0.39, 0.29) is 25.1 Å². The number of nitrogens with two attached hydrogens (primary N) is 1. The predicted octanol–water partition coefficient (Wildman–Crippen LogP) is 2.73. The van der Waals surface area contributed by atoms with E-state index in [0.29, 0.717) is 6.42 Å². The van der Waals surface area contributed by atoms with Gasteiger partial charge in [0.1, 0.15) is 0 Å². The third-order valence-corrected chi connectivity index (χ3v) is 3.01. The van der Waals surface area contributed by atoms with Gasteiger partial charge in [0.05, 0.1) is 0 Å². The minimum absolute atomic E-state index is 0. The van der Waals surface area contributed by atoms with Crippen LogP contribution in [0.3, 0.4) is 0 Å². The normalized spacial score (nSPS) is 12.4. The first-order chi connectivity index (χ1) is 7.22. The molecule has 4 N–H and O–H groups in total. The minimum Gasteiger partial charge on any atom is -0.396 e. The number of aromatic nitrogens is 1. The van der Waals surface area contributed by atoms with Crippen molar-refractivity contribution in [3.8, 4) is 0 Å². The lowest BCUT2D eigenvalue weighted by molar-refractivity contribution is 0.277. The summed E-state index contributed by atoms with van der Waals surface area (Å²) in [5.74, 6) is 0. The van der Waals surface area contributed by atoms with E-state index in [0.717, 1.165) is 20.9 Å². The molecule has 2 rings (SSSR count). The van der Waals surface area contributed by atoms with Crippen LogP contribution < -0.4 is 5.73 Å². The zero-order chi connectivity index (χ0) is 10.8. The van der Waals surface area contributed by atoms with Crippen LogP contribution >= 0.6 is 28.3 Å². The molecule has 1 aromatic carbocycles. The van der Waals surface area contributed by atoms with E-state index < -0.39 is 0 Å². The molecular formula is C11H14BrClN2O. The number of aromatic amines is 1. The average molecular weight is 306 g/mol. The zero-order valence-corrected chi connectivity index (χ0v) is 11.0. The molecule has 0 spiro atoms. The molecule has 2 aromatic rings. The number of fused-ring (bicyclic) bond motifs is 1. The molecule has 0 fully saturated rings. The first kappa shape index (κ1) is 13.5. The number of H-pyrrole nitrogens is 1. The van der Waals surface area contributed by atoms with E-state index >= 15 is 0 Å². The fourth-order valence-electron chi connectivity index (χ4n) is 1.72. The van der Waals surface area contributed by atoms with Gasteiger partial charge in [-0.15, -0.1) is 12.4 Å². The number of rotatable bonds is 3. The monoisotopic (exact) mass is 304 g/mol. The van der Waals surface area contributed by atoms with Gasteiger partial charge in [-0.3, -0.25) is 0 Å². The maximum absolute atomic E-state index is 8.86. The summed E-state index contributed by atoms with van der Waals surface area (Å²) >= 11 is 3.44. The molecule has 0 saturated heterocycles. The summed E-state index contributed by atoms with van der Waals surface area (Å²) in [5.41, 5.74) is 8.10. The molecule has 0 aliphatic carbocycles. The Morgan fingerprint density at radius 3 is 2.88 bits per heavy atom. The molecule has 1 heterocycles. The molecule has 1 atom stereocenters. The average Bonchev–Trinajstić information content (AvgIpc) is 2.60. The summed E-state index contributed by atoms with van der Waals surface area (Å²) in [6.45, 7) is 0.113. The fraction of sp³-hybridized carbons (Fsp3) is 0.273. The van der Waals surface area contributed by atoms with Gasteiger partial charge in [0.15, 0.2) is 0 Å². The van der Waals surface area contributed by atoms with Crippen LogP contribution in [0.1, 0.15) is 18.0 Å². The third kappa shape index (κ3) is 2.58. The third-order valence-electron chi connectivity index (χ3n) is 2.52. The number of hydrogen-bond donors (Lipinski definition) is 3. The van der Waals surface area contributed by atoms with Crippen LogP contribution in [0.5, 0.6) is 0 Å². The molecule has 0 unspecified atom stereocenters. The van der Waals surface area contributed by atoms with Crippen molar-refractivity contribution in [1.82, 2.24) is 4.98 Å². The van der Waals surface area contributed by atoms with Crippen LogP contribution in [0.15, 0.2) is 28.9 Å². The van der Waals surface area contributed by atoms with Crippen molar-refractivity contribution < 1.29 is 5.11 Å². The van der Waals surface area contributed by atoms with E-state index in [1.807, 2.05) is 24.4 Å². The van der Waals surface area contributed by atoms with E-state index in [9.17, 15) is 0 Å². The molecule has 0 amide bonds. The lowest BCUT2D eigenvalue weighted by Gasteiger charge is -2.08. The van der Waals surface area contributed by atoms with Crippen molar-refractivity contribution in [2.24, 2.45) is 5.73 Å². The summed E-state index contributed by atoms with van der Waals surface area (Å²) < 4.78 is 1.03. The van der Waals surface area contributed by atoms with Gasteiger partial charge in [-0.1, -0.05) is 15.9 Å². The Kier molecular flexibility index (Phi) is 4.80. The highest BCUT2D eigenvalue weighted by molar-refractivity contribution is 9.10. The summed E-state index contributed by atoms with van der Waals surface area (Å²) in [6.07, 6.45) is 2.50. The Bertz CT molecular complexity index is 472. The second kappa shape index (κ2) is 5.68. The summed E-state index contributed by atoms with van der Waals surface area (Å²) in [4.78, 5) is 3.17. The second-order valence-electron chi connectivity index (χ2n) is 3.55. The number of nitrogens with one attached hydrogen (secondary N) is 1. The Morgan fingerprint density at radius 1 is 1.44 bits per heavy atom. The summed E-state index contributed by atoms with van der Waals surface area (Å²) in [6, 6.07) is 5.92. The number of aliphatic hydroxyl groups is 1. The van der Waals surface area contributed by atoms with Crippen LogP contribution in [-0.2, 0) is 0 Å². The van der Waals surface area contributed by atoms with Crippen LogP contribution in [-0.4, -0.2) is 16.7 Å². The molecule has 0 bridgehead atoms. The van der Waals surface area contributed by atoms with Crippen LogP contribution in [0.4, 0.5) is 0 Å². The Hall–Kier alpha value is -0.550. The number of halogens is 2. The molecule has 0 saturated carbocycles. The topological polar surface area (TPSA) is 62.0 Å².